The van der Waals surface area contributed by atoms with Crippen LogP contribution in [0.25, 0.3) is 11.5 Å². The van der Waals surface area contributed by atoms with E-state index in [1.807, 2.05) is 42.5 Å². The summed E-state index contributed by atoms with van der Waals surface area (Å²) in [6.07, 6.45) is 1.79. The molecular formula is C21H21ClN4O2. The molecule has 2 heterocycles. The SMILES string of the molecule is Clc1ccc(CN2CCC(=NOCc3nnc(-c4ccccc4)o3)CC2)cc1. The fourth-order valence-electron chi connectivity index (χ4n) is 3.10. The Balaban J connectivity index is 1.23. The van der Waals surface area contributed by atoms with Gasteiger partial charge in [0.15, 0.2) is 6.61 Å². The molecule has 6 nitrogen and oxygen atoms in total. The van der Waals surface area contributed by atoms with Crippen LogP contribution in [0.1, 0.15) is 24.3 Å². The van der Waals surface area contributed by atoms with Crippen LogP contribution < -0.4 is 0 Å². The highest BCUT2D eigenvalue weighted by Gasteiger charge is 2.16. The minimum atomic E-state index is 0.178. The van der Waals surface area contributed by atoms with Crippen LogP contribution in [0.4, 0.5) is 0 Å². The first-order valence-electron chi connectivity index (χ1n) is 9.28. The maximum atomic E-state index is 5.94. The number of aromatic nitrogens is 2. The average molecular weight is 397 g/mol. The van der Waals surface area contributed by atoms with E-state index in [-0.39, 0.29) is 6.61 Å². The van der Waals surface area contributed by atoms with Crippen LogP contribution in [0.5, 0.6) is 0 Å². The highest BCUT2D eigenvalue weighted by Crippen LogP contribution is 2.18. The third kappa shape index (κ3) is 4.97. The number of hydrogen-bond donors (Lipinski definition) is 0. The number of hydrogen-bond acceptors (Lipinski definition) is 6. The molecule has 1 saturated heterocycles. The number of piperidine rings is 1. The van der Waals surface area contributed by atoms with Gasteiger partial charge in [-0.2, -0.15) is 0 Å². The summed E-state index contributed by atoms with van der Waals surface area (Å²) in [7, 11) is 0. The van der Waals surface area contributed by atoms with E-state index < -0.39 is 0 Å². The van der Waals surface area contributed by atoms with Crippen molar-refractivity contribution in [2.45, 2.75) is 26.0 Å². The van der Waals surface area contributed by atoms with E-state index in [1.165, 1.54) is 5.56 Å². The Hall–Kier alpha value is -2.70. The van der Waals surface area contributed by atoms with Crippen LogP contribution in [0.3, 0.4) is 0 Å². The zero-order valence-electron chi connectivity index (χ0n) is 15.4. The van der Waals surface area contributed by atoms with Crippen LogP contribution in [0.15, 0.2) is 64.2 Å². The lowest BCUT2D eigenvalue weighted by Gasteiger charge is -2.27. The summed E-state index contributed by atoms with van der Waals surface area (Å²) < 4.78 is 5.62. The first-order chi connectivity index (χ1) is 13.8. The van der Waals surface area contributed by atoms with Crippen molar-refractivity contribution in [3.05, 3.63) is 71.1 Å². The van der Waals surface area contributed by atoms with Crippen molar-refractivity contribution in [1.82, 2.24) is 15.1 Å². The van der Waals surface area contributed by atoms with Crippen molar-refractivity contribution in [2.24, 2.45) is 5.16 Å². The summed E-state index contributed by atoms with van der Waals surface area (Å²) in [6.45, 7) is 3.03. The highest BCUT2D eigenvalue weighted by molar-refractivity contribution is 6.30. The molecule has 0 radical (unpaired) electrons. The van der Waals surface area contributed by atoms with Crippen molar-refractivity contribution in [3.63, 3.8) is 0 Å². The zero-order valence-corrected chi connectivity index (χ0v) is 16.2. The maximum Gasteiger partial charge on any atom is 0.257 e. The standard InChI is InChI=1S/C21H21ClN4O2/c22-18-8-6-16(7-9-18)14-26-12-10-19(11-13-26)25-27-15-20-23-24-21(28-20)17-4-2-1-3-5-17/h1-9H,10-15H2. The zero-order chi connectivity index (χ0) is 19.2. The number of nitrogens with zero attached hydrogens (tertiary/aromatic N) is 4. The lowest BCUT2D eigenvalue weighted by Crippen LogP contribution is -2.33. The molecule has 0 N–H and O–H groups in total. The van der Waals surface area contributed by atoms with Gasteiger partial charge >= 0.3 is 0 Å². The Kier molecular flexibility index (Phi) is 5.99. The van der Waals surface area contributed by atoms with Gasteiger partial charge in [-0.15, -0.1) is 10.2 Å². The monoisotopic (exact) mass is 396 g/mol. The number of likely N-dealkylation sites (tertiary alicyclic amines) is 1. The van der Waals surface area contributed by atoms with Crippen LogP contribution >= 0.6 is 11.6 Å². The largest absolute Gasteiger partial charge is 0.417 e. The van der Waals surface area contributed by atoms with Crippen LogP contribution in [0, 0.1) is 0 Å². The van der Waals surface area contributed by atoms with Gasteiger partial charge in [0.05, 0.1) is 5.71 Å². The molecule has 0 amide bonds. The molecule has 1 aliphatic rings. The Bertz CT molecular complexity index is 915. The van der Waals surface area contributed by atoms with E-state index in [0.717, 1.165) is 48.8 Å². The molecule has 0 aliphatic carbocycles. The van der Waals surface area contributed by atoms with Gasteiger partial charge in [-0.25, -0.2) is 0 Å². The Morgan fingerprint density at radius 3 is 2.50 bits per heavy atom. The summed E-state index contributed by atoms with van der Waals surface area (Å²) >= 11 is 5.94. The lowest BCUT2D eigenvalue weighted by atomic mass is 10.1. The second-order valence-corrected chi connectivity index (χ2v) is 7.14. The molecule has 0 saturated carbocycles. The van der Waals surface area contributed by atoms with Gasteiger partial charge in [0.25, 0.3) is 5.89 Å². The predicted octanol–water partition coefficient (Wildman–Crippen LogP) is 4.56. The van der Waals surface area contributed by atoms with Crippen molar-refractivity contribution in [2.75, 3.05) is 13.1 Å². The lowest BCUT2D eigenvalue weighted by molar-refractivity contribution is 0.108. The van der Waals surface area contributed by atoms with Gasteiger partial charge in [0, 0.05) is 43.1 Å². The third-order valence-corrected chi connectivity index (χ3v) is 4.87. The Morgan fingerprint density at radius 1 is 1.00 bits per heavy atom. The van der Waals surface area contributed by atoms with Crippen molar-refractivity contribution >= 4 is 17.3 Å². The summed E-state index contributed by atoms with van der Waals surface area (Å²) in [5.41, 5.74) is 3.22. The summed E-state index contributed by atoms with van der Waals surface area (Å²) in [6, 6.07) is 17.7. The molecule has 28 heavy (non-hydrogen) atoms. The van der Waals surface area contributed by atoms with Gasteiger partial charge in [0.2, 0.25) is 5.89 Å². The van der Waals surface area contributed by atoms with Crippen molar-refractivity contribution in [1.29, 1.82) is 0 Å². The molecule has 3 aromatic rings. The molecule has 7 heteroatoms. The van der Waals surface area contributed by atoms with Crippen molar-refractivity contribution < 1.29 is 9.25 Å². The quantitative estimate of drug-likeness (QED) is 0.571. The Labute approximate surface area is 168 Å². The van der Waals surface area contributed by atoms with Gasteiger partial charge in [-0.05, 0) is 29.8 Å². The minimum absolute atomic E-state index is 0.178. The van der Waals surface area contributed by atoms with Gasteiger partial charge in [-0.1, -0.05) is 47.1 Å². The second-order valence-electron chi connectivity index (χ2n) is 6.70. The molecule has 4 rings (SSSR count). The molecular weight excluding hydrogens is 376 g/mol. The fourth-order valence-corrected chi connectivity index (χ4v) is 3.22. The number of oxime groups is 1. The highest BCUT2D eigenvalue weighted by atomic mass is 35.5. The Morgan fingerprint density at radius 2 is 1.75 bits per heavy atom. The number of benzene rings is 2. The van der Waals surface area contributed by atoms with Gasteiger partial charge in [-0.3, -0.25) is 4.90 Å². The maximum absolute atomic E-state index is 5.94. The molecule has 2 aromatic carbocycles. The van der Waals surface area contributed by atoms with Crippen LogP contribution in [-0.2, 0) is 18.0 Å². The number of halogens is 1. The summed E-state index contributed by atoms with van der Waals surface area (Å²) in [4.78, 5) is 7.84. The van der Waals surface area contributed by atoms with E-state index in [9.17, 15) is 0 Å². The molecule has 0 atom stereocenters. The fraction of sp³-hybridized carbons (Fsp3) is 0.286. The molecule has 0 spiro atoms. The third-order valence-electron chi connectivity index (χ3n) is 4.62. The van der Waals surface area contributed by atoms with Crippen LogP contribution in [-0.4, -0.2) is 33.9 Å². The molecule has 0 unspecified atom stereocenters. The smallest absolute Gasteiger partial charge is 0.257 e. The van der Waals surface area contributed by atoms with Crippen LogP contribution in [0.2, 0.25) is 5.02 Å². The molecule has 1 aromatic heterocycles. The summed E-state index contributed by atoms with van der Waals surface area (Å²) in [5, 5.41) is 13.1. The predicted molar refractivity (Wildman–Crippen MR) is 108 cm³/mol. The van der Waals surface area contributed by atoms with Gasteiger partial charge in [0.1, 0.15) is 0 Å². The topological polar surface area (TPSA) is 63.8 Å². The normalized spacial score (nSPS) is 14.8. The van der Waals surface area contributed by atoms with E-state index in [1.54, 1.807) is 0 Å². The van der Waals surface area contributed by atoms with Gasteiger partial charge < -0.3 is 9.25 Å². The van der Waals surface area contributed by atoms with E-state index in [4.69, 9.17) is 20.9 Å². The van der Waals surface area contributed by atoms with E-state index >= 15 is 0 Å². The minimum Gasteiger partial charge on any atom is -0.417 e. The molecule has 1 fully saturated rings. The van der Waals surface area contributed by atoms with Crippen molar-refractivity contribution in [3.8, 4) is 11.5 Å². The molecule has 144 valence electrons. The first-order valence-corrected chi connectivity index (χ1v) is 9.66. The van der Waals surface area contributed by atoms with E-state index in [2.05, 4.69) is 32.4 Å². The summed E-state index contributed by atoms with van der Waals surface area (Å²) in [5.74, 6) is 0.908. The average Bonchev–Trinajstić information content (AvgIpc) is 3.21. The molecule has 0 bridgehead atoms. The number of rotatable bonds is 6. The molecule has 1 aliphatic heterocycles. The second kappa shape index (κ2) is 8.99. The van der Waals surface area contributed by atoms with E-state index in [0.29, 0.717) is 11.8 Å². The first kappa shape index (κ1) is 18.7.